The van der Waals surface area contributed by atoms with Crippen LogP contribution in [-0.4, -0.2) is 25.6 Å². The quantitative estimate of drug-likeness (QED) is 0.757. The molecule has 0 radical (unpaired) electrons. The first-order valence-corrected chi connectivity index (χ1v) is 7.85. The predicted octanol–water partition coefficient (Wildman–Crippen LogP) is 2.97. The summed E-state index contributed by atoms with van der Waals surface area (Å²) < 4.78 is 3.55. The van der Waals surface area contributed by atoms with Crippen LogP contribution in [0.5, 0.6) is 0 Å². The standard InChI is InChI=1S/C17H20N6O/c1-3-22-12-15(11-19-22)21-17(24)20-13(2)14-5-7-16(8-6-14)23-10-4-9-18-23/h4-13H,3H2,1-2H3,(H2,20,21,24)/t13-/m0/s1. The van der Waals surface area contributed by atoms with Crippen molar-refractivity contribution in [2.24, 2.45) is 0 Å². The lowest BCUT2D eigenvalue weighted by atomic mass is 10.1. The van der Waals surface area contributed by atoms with E-state index in [9.17, 15) is 4.79 Å². The molecule has 0 fully saturated rings. The zero-order chi connectivity index (χ0) is 16.9. The summed E-state index contributed by atoms with van der Waals surface area (Å²) in [6, 6.07) is 9.43. The van der Waals surface area contributed by atoms with Gasteiger partial charge in [0.15, 0.2) is 0 Å². The zero-order valence-electron chi connectivity index (χ0n) is 13.7. The molecule has 0 saturated heterocycles. The maximum absolute atomic E-state index is 12.1. The van der Waals surface area contributed by atoms with Crippen LogP contribution in [0.2, 0.25) is 0 Å². The molecule has 7 nitrogen and oxygen atoms in total. The first-order valence-electron chi connectivity index (χ1n) is 7.85. The molecule has 1 aromatic carbocycles. The third kappa shape index (κ3) is 3.62. The minimum Gasteiger partial charge on any atom is -0.331 e. The van der Waals surface area contributed by atoms with Gasteiger partial charge in [0.25, 0.3) is 0 Å². The van der Waals surface area contributed by atoms with Gasteiger partial charge < -0.3 is 10.6 Å². The van der Waals surface area contributed by atoms with Crippen LogP contribution >= 0.6 is 0 Å². The summed E-state index contributed by atoms with van der Waals surface area (Å²) in [5.74, 6) is 0. The molecule has 0 spiro atoms. The highest BCUT2D eigenvalue weighted by atomic mass is 16.2. The molecule has 24 heavy (non-hydrogen) atoms. The Balaban J connectivity index is 1.59. The number of nitrogens with zero attached hydrogens (tertiary/aromatic N) is 4. The van der Waals surface area contributed by atoms with Crippen molar-refractivity contribution in [3.63, 3.8) is 0 Å². The van der Waals surface area contributed by atoms with E-state index in [1.807, 2.05) is 50.4 Å². The molecule has 3 rings (SSSR count). The van der Waals surface area contributed by atoms with Crippen LogP contribution in [0.15, 0.2) is 55.1 Å². The van der Waals surface area contributed by atoms with Crippen LogP contribution in [0.3, 0.4) is 0 Å². The van der Waals surface area contributed by atoms with Crippen molar-refractivity contribution in [3.05, 3.63) is 60.7 Å². The summed E-state index contributed by atoms with van der Waals surface area (Å²) in [6.07, 6.45) is 7.06. The molecule has 0 aliphatic heterocycles. The summed E-state index contributed by atoms with van der Waals surface area (Å²) in [4.78, 5) is 12.1. The number of rotatable bonds is 5. The number of hydrogen-bond acceptors (Lipinski definition) is 3. The Hall–Kier alpha value is -3.09. The van der Waals surface area contributed by atoms with Crippen molar-refractivity contribution in [1.82, 2.24) is 24.9 Å². The van der Waals surface area contributed by atoms with Gasteiger partial charge >= 0.3 is 6.03 Å². The van der Waals surface area contributed by atoms with E-state index in [-0.39, 0.29) is 12.1 Å². The SMILES string of the molecule is CCn1cc(NC(=O)N[C@@H](C)c2ccc(-n3cccn3)cc2)cn1. The van der Waals surface area contributed by atoms with E-state index in [0.717, 1.165) is 17.8 Å². The second-order valence-corrected chi connectivity index (χ2v) is 5.45. The van der Waals surface area contributed by atoms with Gasteiger partial charge in [-0.1, -0.05) is 12.1 Å². The smallest absolute Gasteiger partial charge is 0.319 e. The van der Waals surface area contributed by atoms with Gasteiger partial charge in [-0.2, -0.15) is 10.2 Å². The zero-order valence-corrected chi connectivity index (χ0v) is 13.7. The number of anilines is 1. The number of urea groups is 1. The molecule has 0 aliphatic rings. The number of aromatic nitrogens is 4. The largest absolute Gasteiger partial charge is 0.331 e. The number of nitrogens with one attached hydrogen (secondary N) is 2. The molecule has 1 atom stereocenters. The van der Waals surface area contributed by atoms with Crippen molar-refractivity contribution in [2.75, 3.05) is 5.32 Å². The highest BCUT2D eigenvalue weighted by Crippen LogP contribution is 2.15. The van der Waals surface area contributed by atoms with Gasteiger partial charge in [0.2, 0.25) is 0 Å². The molecule has 2 amide bonds. The van der Waals surface area contributed by atoms with Crippen LogP contribution in [-0.2, 0) is 6.54 Å². The van der Waals surface area contributed by atoms with Gasteiger partial charge in [0.05, 0.1) is 23.6 Å². The Kier molecular flexibility index (Phi) is 4.60. The monoisotopic (exact) mass is 324 g/mol. The lowest BCUT2D eigenvalue weighted by Gasteiger charge is -2.15. The second-order valence-electron chi connectivity index (χ2n) is 5.45. The molecular weight excluding hydrogens is 304 g/mol. The van der Waals surface area contributed by atoms with Gasteiger partial charge in [0, 0.05) is 25.1 Å². The first-order chi connectivity index (χ1) is 11.7. The minimum absolute atomic E-state index is 0.113. The average molecular weight is 324 g/mol. The summed E-state index contributed by atoms with van der Waals surface area (Å²) in [6.45, 7) is 4.70. The van der Waals surface area contributed by atoms with Crippen molar-refractivity contribution < 1.29 is 4.79 Å². The van der Waals surface area contributed by atoms with E-state index in [2.05, 4.69) is 20.8 Å². The molecule has 3 aromatic rings. The van der Waals surface area contributed by atoms with Crippen LogP contribution in [0, 0.1) is 0 Å². The fraction of sp³-hybridized carbons (Fsp3) is 0.235. The van der Waals surface area contributed by atoms with Crippen LogP contribution in [0.4, 0.5) is 10.5 Å². The Morgan fingerprint density at radius 2 is 2.04 bits per heavy atom. The Morgan fingerprint density at radius 1 is 1.25 bits per heavy atom. The molecule has 7 heteroatoms. The summed E-state index contributed by atoms with van der Waals surface area (Å²) >= 11 is 0. The highest BCUT2D eigenvalue weighted by molar-refractivity contribution is 5.89. The van der Waals surface area contributed by atoms with Gasteiger partial charge in [-0.3, -0.25) is 4.68 Å². The Bertz CT molecular complexity index is 791. The normalized spacial score (nSPS) is 11.9. The molecule has 0 aliphatic carbocycles. The molecule has 0 saturated carbocycles. The molecular formula is C17H20N6O. The van der Waals surface area contributed by atoms with E-state index in [4.69, 9.17) is 0 Å². The molecule has 124 valence electrons. The Labute approximate surface area is 140 Å². The summed E-state index contributed by atoms with van der Waals surface area (Å²) in [7, 11) is 0. The maximum atomic E-state index is 12.1. The average Bonchev–Trinajstić information content (AvgIpc) is 3.26. The van der Waals surface area contributed by atoms with Crippen molar-refractivity contribution in [2.45, 2.75) is 26.4 Å². The van der Waals surface area contributed by atoms with Crippen LogP contribution in [0.25, 0.3) is 5.69 Å². The fourth-order valence-electron chi connectivity index (χ4n) is 2.39. The lowest BCUT2D eigenvalue weighted by Crippen LogP contribution is -2.31. The maximum Gasteiger partial charge on any atom is 0.319 e. The van der Waals surface area contributed by atoms with E-state index in [0.29, 0.717) is 5.69 Å². The fourth-order valence-corrected chi connectivity index (χ4v) is 2.39. The predicted molar refractivity (Wildman–Crippen MR) is 92.0 cm³/mol. The molecule has 2 N–H and O–H groups in total. The van der Waals surface area contributed by atoms with Crippen molar-refractivity contribution in [3.8, 4) is 5.69 Å². The molecule has 0 unspecified atom stereocenters. The number of carbonyl (C=O) groups excluding carboxylic acids is 1. The second kappa shape index (κ2) is 6.99. The van der Waals surface area contributed by atoms with Crippen molar-refractivity contribution in [1.29, 1.82) is 0 Å². The van der Waals surface area contributed by atoms with Crippen LogP contribution in [0.1, 0.15) is 25.5 Å². The summed E-state index contributed by atoms with van der Waals surface area (Å²) in [5.41, 5.74) is 2.67. The molecule has 0 bridgehead atoms. The van der Waals surface area contributed by atoms with E-state index < -0.39 is 0 Å². The van der Waals surface area contributed by atoms with E-state index >= 15 is 0 Å². The van der Waals surface area contributed by atoms with E-state index in [1.54, 1.807) is 28.0 Å². The van der Waals surface area contributed by atoms with Gasteiger partial charge in [-0.15, -0.1) is 0 Å². The lowest BCUT2D eigenvalue weighted by molar-refractivity contribution is 0.249. The first kappa shape index (κ1) is 15.8. The van der Waals surface area contributed by atoms with Gasteiger partial charge in [-0.25, -0.2) is 9.48 Å². The highest BCUT2D eigenvalue weighted by Gasteiger charge is 2.10. The number of benzene rings is 1. The Morgan fingerprint density at radius 3 is 2.67 bits per heavy atom. The molecule has 2 aromatic heterocycles. The van der Waals surface area contributed by atoms with Crippen LogP contribution < -0.4 is 10.6 Å². The van der Waals surface area contributed by atoms with Gasteiger partial charge in [0.1, 0.15) is 0 Å². The third-order valence-electron chi connectivity index (χ3n) is 3.72. The number of carbonyl (C=O) groups is 1. The molecule has 2 heterocycles. The summed E-state index contributed by atoms with van der Waals surface area (Å²) in [5, 5.41) is 14.0. The minimum atomic E-state index is -0.255. The van der Waals surface area contributed by atoms with Crippen molar-refractivity contribution >= 4 is 11.7 Å². The number of amides is 2. The number of aryl methyl sites for hydroxylation is 1. The van der Waals surface area contributed by atoms with Gasteiger partial charge in [-0.05, 0) is 37.6 Å². The topological polar surface area (TPSA) is 76.8 Å². The third-order valence-corrected chi connectivity index (χ3v) is 3.72. The van der Waals surface area contributed by atoms with E-state index in [1.165, 1.54) is 0 Å². The number of hydrogen-bond donors (Lipinski definition) is 2.